The Balaban J connectivity index is 1.25. The molecule has 1 aromatic rings. The first-order valence-electron chi connectivity index (χ1n) is 17.3. The minimum Gasteiger partial charge on any atom is -0.444 e. The maximum Gasteiger partial charge on any atom is 0.410 e. The van der Waals surface area contributed by atoms with Crippen LogP contribution in [0.3, 0.4) is 0 Å². The Hall–Kier alpha value is -4.25. The number of carbonyl (C=O) groups excluding carboxylic acids is 5. The summed E-state index contributed by atoms with van der Waals surface area (Å²) in [5.74, 6) is -3.17. The van der Waals surface area contributed by atoms with E-state index in [4.69, 9.17) is 9.47 Å². The Morgan fingerprint density at radius 2 is 1.84 bits per heavy atom. The van der Waals surface area contributed by atoms with Crippen LogP contribution in [0.2, 0.25) is 0 Å². The highest BCUT2D eigenvalue weighted by Crippen LogP contribution is 2.46. The Morgan fingerprint density at radius 1 is 1.08 bits per heavy atom. The second-order valence-electron chi connectivity index (χ2n) is 14.9. The summed E-state index contributed by atoms with van der Waals surface area (Å²) in [5, 5.41) is 7.95. The molecule has 5 atom stereocenters. The van der Waals surface area contributed by atoms with E-state index in [0.717, 1.165) is 0 Å². The van der Waals surface area contributed by atoms with Gasteiger partial charge in [-0.3, -0.25) is 24.0 Å². The van der Waals surface area contributed by atoms with Gasteiger partial charge in [0, 0.05) is 24.4 Å². The highest BCUT2D eigenvalue weighted by Gasteiger charge is 2.62. The van der Waals surface area contributed by atoms with Crippen molar-refractivity contribution in [2.75, 3.05) is 19.6 Å². The van der Waals surface area contributed by atoms with Gasteiger partial charge in [-0.2, -0.15) is 0 Å². The molecule has 0 radical (unpaired) electrons. The van der Waals surface area contributed by atoms with Crippen molar-refractivity contribution in [2.45, 2.75) is 107 Å². The largest absolute Gasteiger partial charge is 0.444 e. The number of carbonyl (C=O) groups is 5. The van der Waals surface area contributed by atoms with Crippen molar-refractivity contribution in [1.29, 1.82) is 0 Å². The molecule has 1 aromatic carbocycles. The second-order valence-corrected chi connectivity index (χ2v) is 16.8. The summed E-state index contributed by atoms with van der Waals surface area (Å²) in [7, 11) is -3.93. The fraction of sp³-hybridized carbons (Fsp3) is 0.618. The molecule has 2 aliphatic carbocycles. The third kappa shape index (κ3) is 8.29. The van der Waals surface area contributed by atoms with Gasteiger partial charge in [-0.15, -0.1) is 0 Å². The van der Waals surface area contributed by atoms with E-state index < -0.39 is 86.2 Å². The first kappa shape index (κ1) is 36.5. The van der Waals surface area contributed by atoms with Crippen LogP contribution < -0.4 is 20.7 Å². The Kier molecular flexibility index (Phi) is 10.1. The smallest absolute Gasteiger partial charge is 0.410 e. The Morgan fingerprint density at radius 3 is 2.55 bits per heavy atom. The summed E-state index contributed by atoms with van der Waals surface area (Å²) in [6.45, 7) is 5.77. The minimum atomic E-state index is -3.93. The normalized spacial score (nSPS) is 28.3. The summed E-state index contributed by atoms with van der Waals surface area (Å²) < 4.78 is 53.2. The van der Waals surface area contributed by atoms with Crippen LogP contribution in [-0.2, 0) is 47.0 Å². The summed E-state index contributed by atoms with van der Waals surface area (Å²) in [5.41, 5.74) is -1.40. The van der Waals surface area contributed by atoms with Gasteiger partial charge in [0.25, 0.3) is 5.91 Å². The predicted octanol–water partition coefficient (Wildman–Crippen LogP) is 1.56. The molecule has 1 saturated heterocycles. The fourth-order valence-corrected chi connectivity index (χ4v) is 8.16. The molecule has 2 saturated carbocycles. The van der Waals surface area contributed by atoms with Crippen LogP contribution in [0.15, 0.2) is 30.4 Å². The zero-order valence-corrected chi connectivity index (χ0v) is 29.7. The van der Waals surface area contributed by atoms with Crippen molar-refractivity contribution >= 4 is 39.9 Å². The molecular formula is C34H45FN6O9S. The van der Waals surface area contributed by atoms with Crippen LogP contribution in [0.5, 0.6) is 0 Å². The highest BCUT2D eigenvalue weighted by atomic mass is 32.2. The molecule has 5 aliphatic rings. The average molecular weight is 733 g/mol. The fourth-order valence-electron chi connectivity index (χ4n) is 6.79. The molecule has 278 valence electrons. The van der Waals surface area contributed by atoms with Gasteiger partial charge < -0.3 is 30.3 Å². The number of ether oxygens (including phenoxy) is 2. The number of nitrogens with one attached hydrogen (secondary N) is 4. The van der Waals surface area contributed by atoms with Crippen LogP contribution in [0, 0.1) is 11.7 Å². The number of hydrogen-bond acceptors (Lipinski definition) is 10. The van der Waals surface area contributed by atoms with E-state index in [1.165, 1.54) is 15.9 Å². The number of rotatable bonds is 5. The lowest BCUT2D eigenvalue weighted by atomic mass is 10.1. The molecule has 0 spiro atoms. The van der Waals surface area contributed by atoms with Crippen LogP contribution in [-0.4, -0.2) is 102 Å². The van der Waals surface area contributed by atoms with Crippen molar-refractivity contribution in [3.8, 4) is 0 Å². The van der Waals surface area contributed by atoms with Crippen LogP contribution >= 0.6 is 0 Å². The molecule has 17 heteroatoms. The molecule has 4 N–H and O–H groups in total. The number of fused-ring (bicyclic) bond motifs is 3. The molecule has 3 heterocycles. The van der Waals surface area contributed by atoms with Crippen molar-refractivity contribution in [1.82, 2.24) is 30.5 Å². The summed E-state index contributed by atoms with van der Waals surface area (Å²) in [6.07, 6.45) is 2.62. The summed E-state index contributed by atoms with van der Waals surface area (Å²) in [6, 6.07) is 2.20. The highest BCUT2D eigenvalue weighted by molar-refractivity contribution is 7.91. The predicted molar refractivity (Wildman–Crippen MR) is 180 cm³/mol. The van der Waals surface area contributed by atoms with Gasteiger partial charge >= 0.3 is 12.2 Å². The molecule has 5 amide bonds. The minimum absolute atomic E-state index is 0.00863. The van der Waals surface area contributed by atoms with Crippen LogP contribution in [0.4, 0.5) is 14.0 Å². The molecule has 3 fully saturated rings. The molecule has 51 heavy (non-hydrogen) atoms. The number of nitrogens with zero attached hydrogens (tertiary/aromatic N) is 2. The zero-order chi connectivity index (χ0) is 36.7. The number of alkyl carbamates (subject to hydrolysis) is 1. The van der Waals surface area contributed by atoms with Gasteiger partial charge in [-0.25, -0.2) is 22.4 Å². The second kappa shape index (κ2) is 14.1. The number of sulfonamides is 1. The van der Waals surface area contributed by atoms with E-state index in [1.54, 1.807) is 39.0 Å². The third-order valence-electron chi connectivity index (χ3n) is 9.72. The zero-order valence-electron chi connectivity index (χ0n) is 28.9. The lowest BCUT2D eigenvalue weighted by Crippen LogP contribution is -2.58. The standard InChI is InChI=1S/C34H45FN6O9S/c1-33(2,3)50-31(45)37-26-12-14-36-13-5-4-8-21-16-34(21,30(44)39-51(47,48)23-10-11-23)38-28(42)27-15-22(18-41(27)29(26)43)49-32(46)40-17-20-7-6-9-25(35)24(20)19-40/h4,6-9,21-23,26-27,36H,5,10-19H2,1-3H3,(H,37,45)(H,38,42)(H,39,44)/t21-,22-,26+,27?,34-/m1/s1. The van der Waals surface area contributed by atoms with Gasteiger partial charge in [0.05, 0.1) is 18.3 Å². The van der Waals surface area contributed by atoms with E-state index in [-0.39, 0.29) is 38.9 Å². The lowest BCUT2D eigenvalue weighted by Gasteiger charge is -2.30. The van der Waals surface area contributed by atoms with Crippen molar-refractivity contribution in [2.24, 2.45) is 5.92 Å². The number of amides is 5. The van der Waals surface area contributed by atoms with Gasteiger partial charge in [-0.05, 0) is 77.6 Å². The van der Waals surface area contributed by atoms with Crippen LogP contribution in [0.25, 0.3) is 0 Å². The van der Waals surface area contributed by atoms with Crippen molar-refractivity contribution in [3.63, 3.8) is 0 Å². The third-order valence-corrected chi connectivity index (χ3v) is 11.5. The van der Waals surface area contributed by atoms with E-state index in [2.05, 4.69) is 20.7 Å². The quantitative estimate of drug-likeness (QED) is 0.323. The average Bonchev–Trinajstić information content (AvgIpc) is 3.93. The van der Waals surface area contributed by atoms with Gasteiger partial charge in [0.15, 0.2) is 0 Å². The van der Waals surface area contributed by atoms with E-state index in [0.29, 0.717) is 43.5 Å². The molecule has 1 unspecified atom stereocenters. The monoisotopic (exact) mass is 732 g/mol. The van der Waals surface area contributed by atoms with Crippen LogP contribution in [0.1, 0.15) is 70.4 Å². The molecule has 0 aromatic heterocycles. The molecule has 3 aliphatic heterocycles. The Bertz CT molecular complexity index is 1730. The molecular weight excluding hydrogens is 687 g/mol. The maximum absolute atomic E-state index is 14.4. The Labute approximate surface area is 296 Å². The molecule has 6 rings (SSSR count). The van der Waals surface area contributed by atoms with Gasteiger partial charge in [-0.1, -0.05) is 24.3 Å². The van der Waals surface area contributed by atoms with E-state index >= 15 is 0 Å². The van der Waals surface area contributed by atoms with E-state index in [1.807, 2.05) is 6.08 Å². The number of hydrogen-bond donors (Lipinski definition) is 4. The van der Waals surface area contributed by atoms with Crippen molar-refractivity contribution in [3.05, 3.63) is 47.3 Å². The van der Waals surface area contributed by atoms with E-state index in [9.17, 15) is 36.8 Å². The lowest BCUT2D eigenvalue weighted by molar-refractivity contribution is -0.141. The summed E-state index contributed by atoms with van der Waals surface area (Å²) >= 11 is 0. The first-order valence-corrected chi connectivity index (χ1v) is 18.9. The van der Waals surface area contributed by atoms with Gasteiger partial charge in [0.2, 0.25) is 21.8 Å². The SMILES string of the molecule is CC(C)(C)OC(=O)N[C@H]1CCNCCC=C[C@@H]2C[C@@]2(C(=O)NS(=O)(=O)C2CC2)NC(=O)C2C[C@@H](OC(=O)N3Cc4cccc(F)c4C3)CN2C1=O. The van der Waals surface area contributed by atoms with Gasteiger partial charge in [0.1, 0.15) is 35.1 Å². The number of benzene rings is 1. The molecule has 15 nitrogen and oxygen atoms in total. The summed E-state index contributed by atoms with van der Waals surface area (Å²) in [4.78, 5) is 70.7. The first-order chi connectivity index (χ1) is 24.1. The maximum atomic E-state index is 14.4. The molecule has 0 bridgehead atoms. The van der Waals surface area contributed by atoms with Crippen molar-refractivity contribution < 1.29 is 46.3 Å². The number of halogens is 1. The topological polar surface area (TPSA) is 193 Å².